The fourth-order valence-electron chi connectivity index (χ4n) is 5.29. The van der Waals surface area contributed by atoms with Crippen molar-refractivity contribution < 1.29 is 37.4 Å². The van der Waals surface area contributed by atoms with E-state index in [1.807, 2.05) is 30.3 Å². The van der Waals surface area contributed by atoms with E-state index in [-0.39, 0.29) is 60.8 Å². The largest absolute Gasteiger partial charge is 0.496 e. The maximum absolute atomic E-state index is 13.3. The molecule has 1 fully saturated rings. The molecule has 16 heteroatoms. The summed E-state index contributed by atoms with van der Waals surface area (Å²) in [7, 11) is -0.921. The SMILES string of the molecule is COc1cccc(OC)c1C(=O)Nc1[nH]c(=O)ncc1CC(NC(=O)N1CCC(NS(=O)(=O)C(C)C)(c2ccccc2)CC1)C(=O)O. The van der Waals surface area contributed by atoms with Crippen molar-refractivity contribution in [2.24, 2.45) is 0 Å². The molecule has 1 aliphatic rings. The van der Waals surface area contributed by atoms with Crippen LogP contribution >= 0.6 is 0 Å². The fraction of sp³-hybridized carbons (Fsp3) is 0.387. The summed E-state index contributed by atoms with van der Waals surface area (Å²) in [6.07, 6.45) is 1.27. The number of carbonyl (C=O) groups is 3. The molecule has 3 amide bonds. The number of benzene rings is 2. The van der Waals surface area contributed by atoms with Crippen LogP contribution < -0.4 is 30.5 Å². The van der Waals surface area contributed by atoms with Crippen molar-refractivity contribution in [2.75, 3.05) is 32.6 Å². The van der Waals surface area contributed by atoms with Crippen molar-refractivity contribution in [3.8, 4) is 11.5 Å². The summed E-state index contributed by atoms with van der Waals surface area (Å²) >= 11 is 0. The summed E-state index contributed by atoms with van der Waals surface area (Å²) in [5.74, 6) is -1.79. The van der Waals surface area contributed by atoms with Gasteiger partial charge in [-0.15, -0.1) is 0 Å². The van der Waals surface area contributed by atoms with E-state index in [0.29, 0.717) is 0 Å². The van der Waals surface area contributed by atoms with Crippen LogP contribution in [0.5, 0.6) is 11.5 Å². The topological polar surface area (TPSA) is 209 Å². The van der Waals surface area contributed by atoms with Crippen LogP contribution in [0.1, 0.15) is 48.2 Å². The van der Waals surface area contributed by atoms with Gasteiger partial charge in [-0.1, -0.05) is 36.4 Å². The zero-order valence-corrected chi connectivity index (χ0v) is 27.2. The molecule has 47 heavy (non-hydrogen) atoms. The number of aliphatic carboxylic acids is 1. The van der Waals surface area contributed by atoms with Crippen molar-refractivity contribution in [3.05, 3.63) is 81.9 Å². The smallest absolute Gasteiger partial charge is 0.346 e. The van der Waals surface area contributed by atoms with Crippen LogP contribution in [0.15, 0.2) is 59.5 Å². The third-order valence-corrected chi connectivity index (χ3v) is 9.91. The number of likely N-dealkylation sites (tertiary alicyclic amines) is 1. The first-order valence-electron chi connectivity index (χ1n) is 14.8. The third kappa shape index (κ3) is 8.07. The van der Waals surface area contributed by atoms with Gasteiger partial charge in [-0.05, 0) is 44.4 Å². The Labute approximate surface area is 271 Å². The number of carbonyl (C=O) groups excluding carboxylic acids is 2. The fourth-order valence-corrected chi connectivity index (χ4v) is 6.39. The van der Waals surface area contributed by atoms with Crippen LogP contribution in [0.2, 0.25) is 0 Å². The van der Waals surface area contributed by atoms with E-state index in [9.17, 15) is 32.7 Å². The van der Waals surface area contributed by atoms with Gasteiger partial charge in [-0.2, -0.15) is 0 Å². The molecule has 1 aromatic heterocycles. The summed E-state index contributed by atoms with van der Waals surface area (Å²) in [6.45, 7) is 3.44. The molecule has 0 bridgehead atoms. The zero-order valence-electron chi connectivity index (χ0n) is 26.4. The molecule has 1 atom stereocenters. The van der Waals surface area contributed by atoms with Crippen LogP contribution in [0.4, 0.5) is 10.6 Å². The van der Waals surface area contributed by atoms with Gasteiger partial charge in [-0.25, -0.2) is 32.5 Å². The monoisotopic (exact) mass is 670 g/mol. The van der Waals surface area contributed by atoms with E-state index in [1.165, 1.54) is 19.1 Å². The molecular weight excluding hydrogens is 632 g/mol. The average molecular weight is 671 g/mol. The Bertz CT molecular complexity index is 1750. The maximum atomic E-state index is 13.3. The average Bonchev–Trinajstić information content (AvgIpc) is 3.05. The predicted octanol–water partition coefficient (Wildman–Crippen LogP) is 2.06. The second-order valence-corrected chi connectivity index (χ2v) is 13.5. The number of methoxy groups -OCH3 is 2. The summed E-state index contributed by atoms with van der Waals surface area (Å²) in [5.41, 5.74) is -0.818. The van der Waals surface area contributed by atoms with Gasteiger partial charge in [0.25, 0.3) is 5.91 Å². The number of rotatable bonds is 12. The lowest BCUT2D eigenvalue weighted by molar-refractivity contribution is -0.139. The molecule has 0 radical (unpaired) electrons. The summed E-state index contributed by atoms with van der Waals surface area (Å²) in [6, 6.07) is 11.7. The number of carboxylic acids is 1. The third-order valence-electron chi connectivity index (χ3n) is 7.99. The molecule has 3 aromatic rings. The number of ether oxygens (including phenoxy) is 2. The second kappa shape index (κ2) is 14.6. The number of nitrogens with zero attached hydrogens (tertiary/aromatic N) is 2. The summed E-state index contributed by atoms with van der Waals surface area (Å²) in [5, 5.41) is 14.4. The number of sulfonamides is 1. The number of urea groups is 1. The minimum atomic E-state index is -3.67. The van der Waals surface area contributed by atoms with Crippen LogP contribution in [0.3, 0.4) is 0 Å². The molecule has 0 saturated carbocycles. The number of aromatic nitrogens is 2. The number of H-pyrrole nitrogens is 1. The molecule has 5 N–H and O–H groups in total. The molecule has 0 aliphatic carbocycles. The van der Waals surface area contributed by atoms with Crippen LogP contribution in [0, 0.1) is 0 Å². The van der Waals surface area contributed by atoms with Crippen molar-refractivity contribution >= 4 is 33.7 Å². The number of piperidine rings is 1. The van der Waals surface area contributed by atoms with Gasteiger partial charge >= 0.3 is 17.7 Å². The molecule has 1 saturated heterocycles. The normalized spacial score (nSPS) is 15.0. The van der Waals surface area contributed by atoms with Crippen molar-refractivity contribution in [1.82, 2.24) is 24.9 Å². The van der Waals surface area contributed by atoms with Crippen LogP contribution in [-0.2, 0) is 26.8 Å². The molecule has 15 nitrogen and oxygen atoms in total. The number of hydrogen-bond donors (Lipinski definition) is 5. The zero-order chi connectivity index (χ0) is 34.4. The van der Waals surface area contributed by atoms with Crippen molar-refractivity contribution in [2.45, 2.75) is 49.9 Å². The number of carboxylic acid groups (broad SMARTS) is 1. The highest BCUT2D eigenvalue weighted by molar-refractivity contribution is 7.90. The van der Waals surface area contributed by atoms with Crippen LogP contribution in [0.25, 0.3) is 0 Å². The number of amides is 3. The Kier molecular flexibility index (Phi) is 10.9. The lowest BCUT2D eigenvalue weighted by Crippen LogP contribution is -2.57. The van der Waals surface area contributed by atoms with E-state index in [1.54, 1.807) is 32.0 Å². The standard InChI is InChI=1S/C31H38N6O9S/c1-19(2)47(43,44)36-31(21-9-6-5-7-10-21)13-15-37(16-14-31)30(42)33-22(28(39)40)17-20-18-32-29(41)35-26(20)34-27(38)25-23(45-3)11-8-12-24(25)46-4/h5-12,18-19,22,36H,13-17H2,1-4H3,(H,33,42)(H,39,40)(H2,32,34,35,38,41). The Morgan fingerprint density at radius 3 is 2.19 bits per heavy atom. The van der Waals surface area contributed by atoms with Gasteiger partial charge in [0.2, 0.25) is 10.0 Å². The van der Waals surface area contributed by atoms with E-state index >= 15 is 0 Å². The van der Waals surface area contributed by atoms with Crippen molar-refractivity contribution in [1.29, 1.82) is 0 Å². The Morgan fingerprint density at radius 2 is 1.64 bits per heavy atom. The minimum absolute atomic E-state index is 0.0385. The van der Waals surface area contributed by atoms with Gasteiger partial charge in [0.1, 0.15) is 28.9 Å². The highest BCUT2D eigenvalue weighted by Crippen LogP contribution is 2.34. The van der Waals surface area contributed by atoms with Gasteiger partial charge in [0.15, 0.2) is 0 Å². The number of anilines is 1. The highest BCUT2D eigenvalue weighted by atomic mass is 32.2. The summed E-state index contributed by atoms with van der Waals surface area (Å²) in [4.78, 5) is 58.5. The number of hydrogen-bond acceptors (Lipinski definition) is 9. The molecule has 2 aromatic carbocycles. The lowest BCUT2D eigenvalue weighted by atomic mass is 9.82. The molecule has 0 spiro atoms. The van der Waals surface area contributed by atoms with E-state index in [2.05, 4.69) is 25.3 Å². The number of nitrogens with one attached hydrogen (secondary N) is 4. The Balaban J connectivity index is 1.51. The first-order valence-corrected chi connectivity index (χ1v) is 16.3. The van der Waals surface area contributed by atoms with Crippen molar-refractivity contribution in [3.63, 3.8) is 0 Å². The first kappa shape index (κ1) is 34.9. The van der Waals surface area contributed by atoms with Gasteiger partial charge in [0, 0.05) is 31.3 Å². The van der Waals surface area contributed by atoms with Crippen LogP contribution in [-0.4, -0.2) is 84.9 Å². The second-order valence-electron chi connectivity index (χ2n) is 11.3. The quantitative estimate of drug-likeness (QED) is 0.189. The maximum Gasteiger partial charge on any atom is 0.346 e. The first-order chi connectivity index (χ1) is 22.3. The van der Waals surface area contributed by atoms with Gasteiger partial charge in [-0.3, -0.25) is 9.78 Å². The Hall–Kier alpha value is -4.96. The summed E-state index contributed by atoms with van der Waals surface area (Å²) < 4.78 is 39.2. The van der Waals surface area contributed by atoms with E-state index in [0.717, 1.165) is 11.8 Å². The molecule has 1 aliphatic heterocycles. The molecule has 2 heterocycles. The Morgan fingerprint density at radius 1 is 1.02 bits per heavy atom. The minimum Gasteiger partial charge on any atom is -0.496 e. The van der Waals surface area contributed by atoms with Gasteiger partial charge < -0.3 is 30.1 Å². The number of aromatic amines is 1. The molecule has 4 rings (SSSR count). The highest BCUT2D eigenvalue weighted by Gasteiger charge is 2.41. The van der Waals surface area contributed by atoms with Gasteiger partial charge in [0.05, 0.1) is 25.0 Å². The lowest BCUT2D eigenvalue weighted by Gasteiger charge is -2.43. The predicted molar refractivity (Wildman–Crippen MR) is 172 cm³/mol. The molecule has 1 unspecified atom stereocenters. The molecular formula is C31H38N6O9S. The molecule has 252 valence electrons. The van der Waals surface area contributed by atoms with E-state index in [4.69, 9.17) is 9.47 Å². The van der Waals surface area contributed by atoms with E-state index < -0.39 is 50.5 Å².